The molecule has 0 atom stereocenters. The summed E-state index contributed by atoms with van der Waals surface area (Å²) < 4.78 is 45.4. The molecule has 0 saturated carbocycles. The van der Waals surface area contributed by atoms with Gasteiger partial charge in [0.25, 0.3) is 0 Å². The SMILES string of the molecule is COc1ccccc1NC1CCN(c2cc(C#N)ccc2C(F)(F)F)CC1. The Hall–Kier alpha value is -2.88. The van der Waals surface area contributed by atoms with Gasteiger partial charge in [-0.2, -0.15) is 18.4 Å². The van der Waals surface area contributed by atoms with Crippen molar-refractivity contribution in [2.24, 2.45) is 0 Å². The molecule has 1 N–H and O–H groups in total. The van der Waals surface area contributed by atoms with E-state index in [1.807, 2.05) is 30.3 Å². The fourth-order valence-corrected chi connectivity index (χ4v) is 3.35. The van der Waals surface area contributed by atoms with Crippen molar-refractivity contribution in [2.75, 3.05) is 30.4 Å². The van der Waals surface area contributed by atoms with Crippen LogP contribution >= 0.6 is 0 Å². The summed E-state index contributed by atoms with van der Waals surface area (Å²) in [6.07, 6.45) is -3.08. The zero-order valence-corrected chi connectivity index (χ0v) is 14.9. The molecule has 4 nitrogen and oxygen atoms in total. The number of nitrogens with zero attached hydrogens (tertiary/aromatic N) is 2. The molecule has 1 aliphatic rings. The highest BCUT2D eigenvalue weighted by Gasteiger charge is 2.35. The predicted molar refractivity (Wildman–Crippen MR) is 98.0 cm³/mol. The van der Waals surface area contributed by atoms with Crippen LogP contribution in [0.15, 0.2) is 42.5 Å². The smallest absolute Gasteiger partial charge is 0.418 e. The number of nitrogens with one attached hydrogen (secondary N) is 1. The molecular weight excluding hydrogens is 355 g/mol. The summed E-state index contributed by atoms with van der Waals surface area (Å²) in [5.74, 6) is 0.737. The van der Waals surface area contributed by atoms with E-state index in [1.54, 1.807) is 12.0 Å². The molecule has 1 aliphatic heterocycles. The number of hydrogen-bond acceptors (Lipinski definition) is 4. The summed E-state index contributed by atoms with van der Waals surface area (Å²) in [4.78, 5) is 1.71. The quantitative estimate of drug-likeness (QED) is 0.844. The van der Waals surface area contributed by atoms with Crippen LogP contribution in [0.3, 0.4) is 0 Å². The van der Waals surface area contributed by atoms with Crippen LogP contribution in [0.1, 0.15) is 24.0 Å². The zero-order chi connectivity index (χ0) is 19.4. The molecule has 3 rings (SSSR count). The molecule has 0 aromatic heterocycles. The summed E-state index contributed by atoms with van der Waals surface area (Å²) in [5.41, 5.74) is 0.489. The van der Waals surface area contributed by atoms with Crippen LogP contribution < -0.4 is 15.0 Å². The second-order valence-corrected chi connectivity index (χ2v) is 6.45. The number of rotatable bonds is 4. The maximum absolute atomic E-state index is 13.4. The molecule has 2 aromatic rings. The Morgan fingerprint density at radius 3 is 2.48 bits per heavy atom. The Bertz CT molecular complexity index is 837. The van der Waals surface area contributed by atoms with Gasteiger partial charge >= 0.3 is 6.18 Å². The van der Waals surface area contributed by atoms with Gasteiger partial charge in [-0.1, -0.05) is 12.1 Å². The number of anilines is 2. The van der Waals surface area contributed by atoms with E-state index >= 15 is 0 Å². The number of benzene rings is 2. The highest BCUT2D eigenvalue weighted by Crippen LogP contribution is 2.38. The molecule has 0 amide bonds. The Labute approximate surface area is 156 Å². The first-order chi connectivity index (χ1) is 12.9. The average molecular weight is 375 g/mol. The largest absolute Gasteiger partial charge is 0.495 e. The number of halogens is 3. The van der Waals surface area contributed by atoms with Crippen molar-refractivity contribution < 1.29 is 17.9 Å². The second-order valence-electron chi connectivity index (χ2n) is 6.45. The number of methoxy groups -OCH3 is 1. The maximum atomic E-state index is 13.4. The van der Waals surface area contributed by atoms with Crippen LogP contribution in [0.5, 0.6) is 5.75 Å². The fraction of sp³-hybridized carbons (Fsp3) is 0.350. The maximum Gasteiger partial charge on any atom is 0.418 e. The molecule has 0 radical (unpaired) electrons. The zero-order valence-electron chi connectivity index (χ0n) is 14.9. The third kappa shape index (κ3) is 4.27. The van der Waals surface area contributed by atoms with Gasteiger partial charge in [0.15, 0.2) is 0 Å². The molecule has 0 unspecified atom stereocenters. The van der Waals surface area contributed by atoms with Crippen LogP contribution in [-0.2, 0) is 6.18 Å². The summed E-state index contributed by atoms with van der Waals surface area (Å²) in [7, 11) is 1.60. The molecule has 2 aromatic carbocycles. The lowest BCUT2D eigenvalue weighted by Gasteiger charge is -2.36. The van der Waals surface area contributed by atoms with Crippen LogP contribution in [-0.4, -0.2) is 26.2 Å². The monoisotopic (exact) mass is 375 g/mol. The van der Waals surface area contributed by atoms with Crippen LogP contribution in [0.25, 0.3) is 0 Å². The number of hydrogen-bond donors (Lipinski definition) is 1. The lowest BCUT2D eigenvalue weighted by molar-refractivity contribution is -0.137. The van der Waals surface area contributed by atoms with Crippen molar-refractivity contribution in [1.29, 1.82) is 5.26 Å². The summed E-state index contributed by atoms with van der Waals surface area (Å²) >= 11 is 0. The first-order valence-electron chi connectivity index (χ1n) is 8.68. The minimum Gasteiger partial charge on any atom is -0.495 e. The van der Waals surface area contributed by atoms with Gasteiger partial charge in [-0.15, -0.1) is 0 Å². The third-order valence-electron chi connectivity index (χ3n) is 4.73. The summed E-state index contributed by atoms with van der Waals surface area (Å²) in [6, 6.07) is 13.2. The van der Waals surface area contributed by atoms with E-state index in [0.29, 0.717) is 25.9 Å². The molecule has 1 saturated heterocycles. The van der Waals surface area contributed by atoms with E-state index in [-0.39, 0.29) is 17.3 Å². The van der Waals surface area contributed by atoms with Gasteiger partial charge < -0.3 is 15.0 Å². The van der Waals surface area contributed by atoms with E-state index in [9.17, 15) is 13.2 Å². The number of nitriles is 1. The van der Waals surface area contributed by atoms with Gasteiger partial charge in [0.05, 0.1) is 35.7 Å². The molecule has 27 heavy (non-hydrogen) atoms. The van der Waals surface area contributed by atoms with Gasteiger partial charge in [0.2, 0.25) is 0 Å². The Kier molecular flexibility index (Phi) is 5.45. The first kappa shape index (κ1) is 18.9. The Balaban J connectivity index is 1.73. The fourth-order valence-electron chi connectivity index (χ4n) is 3.35. The lowest BCUT2D eigenvalue weighted by Crippen LogP contribution is -2.40. The van der Waals surface area contributed by atoms with Gasteiger partial charge in [0, 0.05) is 19.1 Å². The number of para-hydroxylation sites is 2. The normalized spacial score (nSPS) is 15.3. The average Bonchev–Trinajstić information content (AvgIpc) is 2.68. The molecule has 142 valence electrons. The lowest BCUT2D eigenvalue weighted by atomic mass is 10.0. The standard InChI is InChI=1S/C20H20F3N3O/c1-27-19-5-3-2-4-17(19)25-15-8-10-26(11-9-15)18-12-14(13-24)6-7-16(18)20(21,22)23/h2-7,12,15,25H,8-11H2,1H3. The van der Waals surface area contributed by atoms with E-state index in [4.69, 9.17) is 10.00 Å². The van der Waals surface area contributed by atoms with Gasteiger partial charge in [0.1, 0.15) is 5.75 Å². The van der Waals surface area contributed by atoms with Crippen molar-refractivity contribution in [3.63, 3.8) is 0 Å². The molecule has 7 heteroatoms. The second kappa shape index (κ2) is 7.78. The van der Waals surface area contributed by atoms with Crippen molar-refractivity contribution >= 4 is 11.4 Å². The highest BCUT2D eigenvalue weighted by atomic mass is 19.4. The van der Waals surface area contributed by atoms with Gasteiger partial charge in [-0.3, -0.25) is 0 Å². The van der Waals surface area contributed by atoms with Crippen molar-refractivity contribution in [3.05, 3.63) is 53.6 Å². The Morgan fingerprint density at radius 2 is 1.85 bits per heavy atom. The summed E-state index contributed by atoms with van der Waals surface area (Å²) in [6.45, 7) is 0.954. The number of alkyl halides is 3. The first-order valence-corrected chi connectivity index (χ1v) is 8.68. The molecular formula is C20H20F3N3O. The van der Waals surface area contributed by atoms with Gasteiger partial charge in [-0.05, 0) is 43.2 Å². The van der Waals surface area contributed by atoms with E-state index < -0.39 is 11.7 Å². The van der Waals surface area contributed by atoms with Gasteiger partial charge in [-0.25, -0.2) is 0 Å². The minimum absolute atomic E-state index is 0.0808. The van der Waals surface area contributed by atoms with Crippen LogP contribution in [0, 0.1) is 11.3 Å². The van der Waals surface area contributed by atoms with Crippen molar-refractivity contribution in [1.82, 2.24) is 0 Å². The van der Waals surface area contributed by atoms with Crippen molar-refractivity contribution in [3.8, 4) is 11.8 Å². The summed E-state index contributed by atoms with van der Waals surface area (Å²) in [5, 5.41) is 12.5. The minimum atomic E-state index is -4.45. The van der Waals surface area contributed by atoms with Crippen LogP contribution in [0.4, 0.5) is 24.5 Å². The van der Waals surface area contributed by atoms with Crippen molar-refractivity contribution in [2.45, 2.75) is 25.1 Å². The van der Waals surface area contributed by atoms with Crippen LogP contribution in [0.2, 0.25) is 0 Å². The highest BCUT2D eigenvalue weighted by molar-refractivity contribution is 5.60. The third-order valence-corrected chi connectivity index (χ3v) is 4.73. The molecule has 1 heterocycles. The Morgan fingerprint density at radius 1 is 1.15 bits per heavy atom. The van der Waals surface area contributed by atoms with E-state index in [2.05, 4.69) is 5.32 Å². The topological polar surface area (TPSA) is 48.3 Å². The van der Waals surface area contributed by atoms with E-state index in [1.165, 1.54) is 12.1 Å². The predicted octanol–water partition coefficient (Wildman–Crippen LogP) is 4.67. The number of ether oxygens (including phenoxy) is 1. The molecule has 0 aliphatic carbocycles. The molecule has 0 spiro atoms. The van der Waals surface area contributed by atoms with E-state index in [0.717, 1.165) is 17.5 Å². The molecule has 1 fully saturated rings. The number of piperidine rings is 1. The molecule has 0 bridgehead atoms.